The number of carbonyl (C=O) groups is 1. The second-order valence-electron chi connectivity index (χ2n) is 8.69. The summed E-state index contributed by atoms with van der Waals surface area (Å²) < 4.78 is 30.1. The van der Waals surface area contributed by atoms with Crippen LogP contribution in [0.3, 0.4) is 0 Å². The van der Waals surface area contributed by atoms with E-state index in [0.29, 0.717) is 24.3 Å². The molecule has 1 atom stereocenters. The van der Waals surface area contributed by atoms with Crippen molar-refractivity contribution in [2.24, 2.45) is 0 Å². The molecule has 2 aromatic carbocycles. The Labute approximate surface area is 195 Å². The lowest BCUT2D eigenvalue weighted by Gasteiger charge is -2.32. The first kappa shape index (κ1) is 23.2. The Hall–Kier alpha value is -2.97. The van der Waals surface area contributed by atoms with Crippen molar-refractivity contribution in [2.75, 3.05) is 11.9 Å². The summed E-state index contributed by atoms with van der Waals surface area (Å²) in [6, 6.07) is 12.4. The number of imidazole rings is 1. The van der Waals surface area contributed by atoms with Gasteiger partial charge in [0.05, 0.1) is 4.90 Å². The molecule has 1 aliphatic rings. The van der Waals surface area contributed by atoms with Gasteiger partial charge in [-0.3, -0.25) is 4.79 Å². The van der Waals surface area contributed by atoms with Crippen LogP contribution in [0.1, 0.15) is 53.5 Å². The van der Waals surface area contributed by atoms with Crippen LogP contribution in [0.25, 0.3) is 0 Å². The lowest BCUT2D eigenvalue weighted by molar-refractivity contribution is 0.102. The Morgan fingerprint density at radius 2 is 1.88 bits per heavy atom. The highest BCUT2D eigenvalue weighted by molar-refractivity contribution is 7.89. The van der Waals surface area contributed by atoms with E-state index in [2.05, 4.69) is 10.3 Å². The molecule has 1 fully saturated rings. The molecule has 7 nitrogen and oxygen atoms in total. The van der Waals surface area contributed by atoms with Gasteiger partial charge in [-0.1, -0.05) is 24.6 Å². The fraction of sp³-hybridized carbons (Fsp3) is 0.360. The van der Waals surface area contributed by atoms with Crippen LogP contribution < -0.4 is 5.32 Å². The van der Waals surface area contributed by atoms with Crippen molar-refractivity contribution in [3.63, 3.8) is 0 Å². The number of amides is 1. The molecule has 0 saturated carbocycles. The van der Waals surface area contributed by atoms with E-state index in [1.54, 1.807) is 22.6 Å². The topological polar surface area (TPSA) is 84.3 Å². The molecular weight excluding hydrogens is 436 g/mol. The highest BCUT2D eigenvalue weighted by Crippen LogP contribution is 2.27. The normalized spacial score (nSPS) is 17.1. The number of sulfonamides is 1. The number of anilines is 1. The Balaban J connectivity index is 1.51. The van der Waals surface area contributed by atoms with Crippen molar-refractivity contribution < 1.29 is 13.2 Å². The van der Waals surface area contributed by atoms with Gasteiger partial charge in [0.15, 0.2) is 0 Å². The van der Waals surface area contributed by atoms with Gasteiger partial charge in [0.2, 0.25) is 10.0 Å². The van der Waals surface area contributed by atoms with E-state index in [0.717, 1.165) is 36.2 Å². The first-order valence-electron chi connectivity index (χ1n) is 11.3. The number of piperidine rings is 1. The Kier molecular flexibility index (Phi) is 6.67. The minimum absolute atomic E-state index is 0.0352. The van der Waals surface area contributed by atoms with Gasteiger partial charge >= 0.3 is 0 Å². The standard InChI is InChI=1S/C25H30N4O3S/c1-18-7-12-23(33(31,32)29-14-5-4-6-19(29)2)16-24(18)25(30)27-22-10-8-21(9-11-22)17-28-15-13-26-20(28)3/h7-13,15-16,19H,4-6,14,17H2,1-3H3,(H,27,30). The van der Waals surface area contributed by atoms with E-state index in [1.165, 1.54) is 6.07 Å². The van der Waals surface area contributed by atoms with Gasteiger partial charge < -0.3 is 9.88 Å². The largest absolute Gasteiger partial charge is 0.331 e. The third-order valence-electron chi connectivity index (χ3n) is 6.29. The van der Waals surface area contributed by atoms with E-state index in [1.807, 2.05) is 55.8 Å². The van der Waals surface area contributed by atoms with E-state index >= 15 is 0 Å². The quantitative estimate of drug-likeness (QED) is 0.585. The third kappa shape index (κ3) is 5.02. The summed E-state index contributed by atoms with van der Waals surface area (Å²) in [7, 11) is -3.65. The van der Waals surface area contributed by atoms with Gasteiger partial charge in [-0.15, -0.1) is 0 Å². The number of carbonyl (C=O) groups excluding carboxylic acids is 1. The first-order valence-corrected chi connectivity index (χ1v) is 12.7. The molecule has 0 aliphatic carbocycles. The number of hydrogen-bond acceptors (Lipinski definition) is 4. The molecule has 1 unspecified atom stereocenters. The second kappa shape index (κ2) is 9.49. The SMILES string of the molecule is Cc1ccc(S(=O)(=O)N2CCCCC2C)cc1C(=O)Nc1ccc(Cn2ccnc2C)cc1. The molecule has 0 spiro atoms. The Morgan fingerprint density at radius 3 is 2.55 bits per heavy atom. The van der Waals surface area contributed by atoms with Crippen LogP contribution in [0.4, 0.5) is 5.69 Å². The molecule has 1 amide bonds. The van der Waals surface area contributed by atoms with Gasteiger partial charge in [-0.25, -0.2) is 13.4 Å². The minimum Gasteiger partial charge on any atom is -0.331 e. The van der Waals surface area contributed by atoms with Crippen molar-refractivity contribution in [1.82, 2.24) is 13.9 Å². The molecule has 33 heavy (non-hydrogen) atoms. The summed E-state index contributed by atoms with van der Waals surface area (Å²) >= 11 is 0. The maximum atomic E-state index is 13.2. The van der Waals surface area contributed by atoms with Crippen LogP contribution in [-0.2, 0) is 16.6 Å². The summed E-state index contributed by atoms with van der Waals surface area (Å²) in [6.45, 7) is 6.93. The maximum absolute atomic E-state index is 13.2. The molecular formula is C25H30N4O3S. The molecule has 0 bridgehead atoms. The predicted octanol–water partition coefficient (Wildman–Crippen LogP) is 4.36. The third-order valence-corrected chi connectivity index (χ3v) is 8.30. The zero-order valence-electron chi connectivity index (χ0n) is 19.3. The van der Waals surface area contributed by atoms with Gasteiger partial charge in [0.25, 0.3) is 5.91 Å². The molecule has 8 heteroatoms. The lowest BCUT2D eigenvalue weighted by Crippen LogP contribution is -2.42. The highest BCUT2D eigenvalue weighted by atomic mass is 32.2. The number of nitrogens with one attached hydrogen (secondary N) is 1. The van der Waals surface area contributed by atoms with Crippen LogP contribution in [-0.4, -0.2) is 40.8 Å². The number of aryl methyl sites for hydroxylation is 2. The number of hydrogen-bond donors (Lipinski definition) is 1. The van der Waals surface area contributed by atoms with Gasteiger partial charge in [-0.2, -0.15) is 4.31 Å². The molecule has 1 aromatic heterocycles. The average Bonchev–Trinajstić information content (AvgIpc) is 3.19. The zero-order chi connectivity index (χ0) is 23.6. The summed E-state index contributed by atoms with van der Waals surface area (Å²) in [5.74, 6) is 0.617. The number of rotatable bonds is 6. The van der Waals surface area contributed by atoms with Gasteiger partial charge in [0.1, 0.15) is 5.82 Å². The van der Waals surface area contributed by atoms with Crippen LogP contribution >= 0.6 is 0 Å². The fourth-order valence-corrected chi connectivity index (χ4v) is 5.96. The van der Waals surface area contributed by atoms with E-state index in [4.69, 9.17) is 0 Å². The molecule has 1 aliphatic heterocycles. The maximum Gasteiger partial charge on any atom is 0.255 e. The molecule has 4 rings (SSSR count). The molecule has 174 valence electrons. The number of aromatic nitrogens is 2. The molecule has 1 saturated heterocycles. The average molecular weight is 467 g/mol. The lowest BCUT2D eigenvalue weighted by atomic mass is 10.1. The van der Waals surface area contributed by atoms with Crippen LogP contribution in [0.15, 0.2) is 59.8 Å². The fourth-order valence-electron chi connectivity index (χ4n) is 4.23. The molecule has 3 aromatic rings. The predicted molar refractivity (Wildman–Crippen MR) is 129 cm³/mol. The van der Waals surface area contributed by atoms with Crippen LogP contribution in [0, 0.1) is 13.8 Å². The van der Waals surface area contributed by atoms with Gasteiger partial charge in [-0.05, 0) is 69.0 Å². The summed E-state index contributed by atoms with van der Waals surface area (Å²) in [5, 5.41) is 2.90. The van der Waals surface area contributed by atoms with Crippen molar-refractivity contribution >= 4 is 21.6 Å². The summed E-state index contributed by atoms with van der Waals surface area (Å²) in [4.78, 5) is 17.4. The number of nitrogens with zero attached hydrogens (tertiary/aromatic N) is 3. The van der Waals surface area contributed by atoms with Crippen molar-refractivity contribution in [3.05, 3.63) is 77.4 Å². The first-order chi connectivity index (χ1) is 15.8. The van der Waals surface area contributed by atoms with Crippen LogP contribution in [0.2, 0.25) is 0 Å². The van der Waals surface area contributed by atoms with Crippen molar-refractivity contribution in [3.8, 4) is 0 Å². The van der Waals surface area contributed by atoms with Gasteiger partial charge in [0, 0.05) is 42.8 Å². The molecule has 2 heterocycles. The van der Waals surface area contributed by atoms with Crippen molar-refractivity contribution in [1.29, 1.82) is 0 Å². The Morgan fingerprint density at radius 1 is 1.12 bits per heavy atom. The summed E-state index contributed by atoms with van der Waals surface area (Å²) in [5.41, 5.74) is 2.83. The van der Waals surface area contributed by atoms with E-state index < -0.39 is 10.0 Å². The zero-order valence-corrected chi connectivity index (χ0v) is 20.1. The smallest absolute Gasteiger partial charge is 0.255 e. The van der Waals surface area contributed by atoms with Crippen LogP contribution in [0.5, 0.6) is 0 Å². The van der Waals surface area contributed by atoms with Crippen molar-refractivity contribution in [2.45, 2.75) is 57.5 Å². The minimum atomic E-state index is -3.65. The molecule has 0 radical (unpaired) electrons. The number of benzene rings is 2. The molecule has 1 N–H and O–H groups in total. The second-order valence-corrected chi connectivity index (χ2v) is 10.6. The van der Waals surface area contributed by atoms with E-state index in [9.17, 15) is 13.2 Å². The summed E-state index contributed by atoms with van der Waals surface area (Å²) in [6.07, 6.45) is 6.45. The highest BCUT2D eigenvalue weighted by Gasteiger charge is 2.31. The van der Waals surface area contributed by atoms with E-state index in [-0.39, 0.29) is 16.8 Å². The monoisotopic (exact) mass is 466 g/mol. The Bertz CT molecular complexity index is 1250.